The summed E-state index contributed by atoms with van der Waals surface area (Å²) in [6, 6.07) is 13.6. The highest BCUT2D eigenvalue weighted by Crippen LogP contribution is 2.21. The Morgan fingerprint density at radius 1 is 1.15 bits per heavy atom. The molecule has 134 valence electrons. The van der Waals surface area contributed by atoms with Gasteiger partial charge in [0.2, 0.25) is 11.8 Å². The van der Waals surface area contributed by atoms with Gasteiger partial charge in [-0.05, 0) is 18.2 Å². The van der Waals surface area contributed by atoms with Crippen molar-refractivity contribution >= 4 is 5.91 Å². The minimum atomic E-state index is -0.433. The summed E-state index contributed by atoms with van der Waals surface area (Å²) in [4.78, 5) is 12.0. The molecule has 0 aliphatic carbocycles. The van der Waals surface area contributed by atoms with Crippen LogP contribution >= 0.6 is 0 Å². The van der Waals surface area contributed by atoms with Crippen molar-refractivity contribution in [3.8, 4) is 17.2 Å². The molecule has 7 heteroatoms. The molecule has 2 aromatic carbocycles. The monoisotopic (exact) mass is 355 g/mol. The van der Waals surface area contributed by atoms with Crippen molar-refractivity contribution in [3.63, 3.8) is 0 Å². The van der Waals surface area contributed by atoms with Crippen molar-refractivity contribution in [1.29, 1.82) is 0 Å². The van der Waals surface area contributed by atoms with Crippen molar-refractivity contribution in [2.24, 2.45) is 0 Å². The summed E-state index contributed by atoms with van der Waals surface area (Å²) in [5, 5.41) is 10.5. The van der Waals surface area contributed by atoms with Crippen LogP contribution in [0.25, 0.3) is 11.5 Å². The van der Waals surface area contributed by atoms with Gasteiger partial charge in [-0.15, -0.1) is 10.2 Å². The Morgan fingerprint density at radius 3 is 2.73 bits per heavy atom. The van der Waals surface area contributed by atoms with Crippen molar-refractivity contribution < 1.29 is 18.3 Å². The molecule has 0 bridgehead atoms. The summed E-state index contributed by atoms with van der Waals surface area (Å²) in [7, 11) is 1.59. The Labute approximate surface area is 150 Å². The average Bonchev–Trinajstić information content (AvgIpc) is 3.14. The fraction of sp³-hybridized carbons (Fsp3) is 0.211. The number of hydrogen-bond acceptors (Lipinski definition) is 5. The van der Waals surface area contributed by atoms with Gasteiger partial charge in [-0.2, -0.15) is 0 Å². The Hall–Kier alpha value is -3.22. The molecule has 0 aliphatic rings. The second kappa shape index (κ2) is 8.24. The quantitative estimate of drug-likeness (QED) is 0.704. The molecule has 3 rings (SSSR count). The van der Waals surface area contributed by atoms with Crippen LogP contribution in [0.2, 0.25) is 0 Å². The second-order valence-corrected chi connectivity index (χ2v) is 5.57. The first-order valence-corrected chi connectivity index (χ1v) is 8.13. The number of para-hydroxylation sites is 1. The number of nitrogens with one attached hydrogen (secondary N) is 1. The first kappa shape index (κ1) is 17.6. The maximum atomic E-state index is 13.7. The van der Waals surface area contributed by atoms with Gasteiger partial charge in [0.25, 0.3) is 5.89 Å². The summed E-state index contributed by atoms with van der Waals surface area (Å²) >= 11 is 0. The first-order chi connectivity index (χ1) is 12.7. The number of hydrogen-bond donors (Lipinski definition) is 1. The Bertz CT molecular complexity index is 895. The molecule has 1 amide bonds. The number of aromatic nitrogens is 2. The van der Waals surface area contributed by atoms with E-state index in [-0.39, 0.29) is 36.1 Å². The minimum Gasteiger partial charge on any atom is -0.496 e. The van der Waals surface area contributed by atoms with E-state index in [1.165, 1.54) is 6.07 Å². The van der Waals surface area contributed by atoms with Crippen LogP contribution in [0, 0.1) is 5.82 Å². The number of nitrogens with zero attached hydrogens (tertiary/aromatic N) is 2. The van der Waals surface area contributed by atoms with E-state index in [2.05, 4.69) is 15.5 Å². The van der Waals surface area contributed by atoms with Gasteiger partial charge in [0.05, 0.1) is 12.7 Å². The molecule has 3 aromatic rings. The summed E-state index contributed by atoms with van der Waals surface area (Å²) in [6.07, 6.45) is 0.466. The molecule has 0 saturated heterocycles. The average molecular weight is 355 g/mol. The number of rotatable bonds is 7. The molecule has 0 spiro atoms. The maximum Gasteiger partial charge on any atom is 0.250 e. The van der Waals surface area contributed by atoms with Crippen molar-refractivity contribution in [2.75, 3.05) is 7.11 Å². The molecule has 1 N–H and O–H groups in total. The van der Waals surface area contributed by atoms with Crippen molar-refractivity contribution in [2.45, 2.75) is 19.4 Å². The standard InChI is InChI=1S/C19H18FN3O3/c1-25-16-9-5-2-6-13(16)12-21-17(24)10-11-18-22-23-19(26-18)14-7-3-4-8-15(14)20/h2-9H,10-12H2,1H3,(H,21,24). The van der Waals surface area contributed by atoms with Gasteiger partial charge >= 0.3 is 0 Å². The number of benzene rings is 2. The number of aryl methyl sites for hydroxylation is 1. The lowest BCUT2D eigenvalue weighted by Crippen LogP contribution is -2.23. The van der Waals surface area contributed by atoms with Gasteiger partial charge in [0.1, 0.15) is 11.6 Å². The van der Waals surface area contributed by atoms with Crippen molar-refractivity contribution in [1.82, 2.24) is 15.5 Å². The third-order valence-electron chi connectivity index (χ3n) is 3.81. The van der Waals surface area contributed by atoms with Crippen molar-refractivity contribution in [3.05, 3.63) is 65.8 Å². The molecule has 0 saturated carbocycles. The lowest BCUT2D eigenvalue weighted by molar-refractivity contribution is -0.121. The van der Waals surface area contributed by atoms with Crippen LogP contribution in [0.3, 0.4) is 0 Å². The Kier molecular flexibility index (Phi) is 5.58. The van der Waals surface area contributed by atoms with Crippen LogP contribution in [-0.4, -0.2) is 23.2 Å². The zero-order valence-electron chi connectivity index (χ0n) is 14.2. The smallest absolute Gasteiger partial charge is 0.250 e. The Balaban J connectivity index is 1.53. The topological polar surface area (TPSA) is 77.2 Å². The van der Waals surface area contributed by atoms with E-state index in [9.17, 15) is 9.18 Å². The van der Waals surface area contributed by atoms with Gasteiger partial charge in [-0.25, -0.2) is 4.39 Å². The molecule has 0 radical (unpaired) electrons. The van der Waals surface area contributed by atoms with E-state index >= 15 is 0 Å². The largest absolute Gasteiger partial charge is 0.496 e. The predicted octanol–water partition coefficient (Wildman–Crippen LogP) is 3.13. The van der Waals surface area contributed by atoms with Gasteiger partial charge < -0.3 is 14.5 Å². The number of amides is 1. The normalized spacial score (nSPS) is 10.5. The molecule has 6 nitrogen and oxygen atoms in total. The first-order valence-electron chi connectivity index (χ1n) is 8.13. The summed E-state index contributed by atoms with van der Waals surface area (Å²) in [5.41, 5.74) is 1.13. The zero-order valence-corrected chi connectivity index (χ0v) is 14.2. The van der Waals surface area contributed by atoms with E-state index < -0.39 is 5.82 Å². The molecule has 1 aromatic heterocycles. The Morgan fingerprint density at radius 2 is 1.92 bits per heavy atom. The minimum absolute atomic E-state index is 0.104. The fourth-order valence-corrected chi connectivity index (χ4v) is 2.45. The third-order valence-corrected chi connectivity index (χ3v) is 3.81. The maximum absolute atomic E-state index is 13.7. The third kappa shape index (κ3) is 4.24. The van der Waals surface area contributed by atoms with E-state index in [0.717, 1.165) is 11.3 Å². The van der Waals surface area contributed by atoms with E-state index in [0.29, 0.717) is 6.54 Å². The molecule has 0 atom stereocenters. The molecule has 0 aliphatic heterocycles. The number of halogens is 1. The molecular formula is C19H18FN3O3. The molecule has 1 heterocycles. The van der Waals surface area contributed by atoms with Gasteiger partial charge in [0, 0.05) is 24.9 Å². The van der Waals surface area contributed by atoms with Crippen LogP contribution in [-0.2, 0) is 17.8 Å². The highest BCUT2D eigenvalue weighted by Gasteiger charge is 2.13. The van der Waals surface area contributed by atoms with Gasteiger partial charge in [-0.3, -0.25) is 4.79 Å². The van der Waals surface area contributed by atoms with Gasteiger partial charge in [-0.1, -0.05) is 30.3 Å². The fourth-order valence-electron chi connectivity index (χ4n) is 2.45. The number of methoxy groups -OCH3 is 1. The highest BCUT2D eigenvalue weighted by atomic mass is 19.1. The lowest BCUT2D eigenvalue weighted by atomic mass is 10.2. The van der Waals surface area contributed by atoms with Crippen LogP contribution in [0.4, 0.5) is 4.39 Å². The molecule has 0 unspecified atom stereocenters. The highest BCUT2D eigenvalue weighted by molar-refractivity contribution is 5.76. The summed E-state index contributed by atoms with van der Waals surface area (Å²) in [6.45, 7) is 0.368. The summed E-state index contributed by atoms with van der Waals surface area (Å²) in [5.74, 6) is 0.529. The number of carbonyl (C=O) groups excluding carboxylic acids is 1. The summed E-state index contributed by atoms with van der Waals surface area (Å²) < 4.78 is 24.4. The van der Waals surface area contributed by atoms with Crippen LogP contribution in [0.1, 0.15) is 17.9 Å². The molecule has 26 heavy (non-hydrogen) atoms. The van der Waals surface area contributed by atoms with E-state index in [1.54, 1.807) is 25.3 Å². The van der Waals surface area contributed by atoms with Crippen LogP contribution in [0.15, 0.2) is 52.9 Å². The predicted molar refractivity (Wildman–Crippen MR) is 92.9 cm³/mol. The second-order valence-electron chi connectivity index (χ2n) is 5.57. The van der Waals surface area contributed by atoms with Gasteiger partial charge in [0.15, 0.2) is 0 Å². The SMILES string of the molecule is COc1ccccc1CNC(=O)CCc1nnc(-c2ccccc2F)o1. The van der Waals surface area contributed by atoms with Crippen LogP contribution in [0.5, 0.6) is 5.75 Å². The molecule has 0 fully saturated rings. The zero-order chi connectivity index (χ0) is 18.4. The van der Waals surface area contributed by atoms with Crippen LogP contribution < -0.4 is 10.1 Å². The number of carbonyl (C=O) groups is 1. The number of ether oxygens (including phenoxy) is 1. The van der Waals surface area contributed by atoms with E-state index in [4.69, 9.17) is 9.15 Å². The lowest BCUT2D eigenvalue weighted by Gasteiger charge is -2.09. The van der Waals surface area contributed by atoms with E-state index in [1.807, 2.05) is 24.3 Å². The molecular weight excluding hydrogens is 337 g/mol.